The molecule has 0 aromatic heterocycles. The monoisotopic (exact) mass is 170 g/mol. The van der Waals surface area contributed by atoms with Crippen LogP contribution in [0.1, 0.15) is 32.6 Å². The summed E-state index contributed by atoms with van der Waals surface area (Å²) < 4.78 is 0. The van der Waals surface area contributed by atoms with Gasteiger partial charge in [-0.2, -0.15) is 0 Å². The maximum Gasteiger partial charge on any atom is 0.328 e. The summed E-state index contributed by atoms with van der Waals surface area (Å²) in [4.78, 5) is 15.7. The van der Waals surface area contributed by atoms with E-state index in [2.05, 4.69) is 4.84 Å². The van der Waals surface area contributed by atoms with Gasteiger partial charge in [-0.1, -0.05) is 12.8 Å². The van der Waals surface area contributed by atoms with Gasteiger partial charge in [-0.25, -0.2) is 5.23 Å². The highest BCUT2D eigenvalue weighted by Gasteiger charge is 2.49. The minimum absolute atomic E-state index is 0.191. The van der Waals surface area contributed by atoms with Gasteiger partial charge in [0.25, 0.3) is 0 Å². The first-order valence-corrected chi connectivity index (χ1v) is 4.34. The molecule has 2 aliphatic rings. The molecule has 0 aromatic carbocycles. The van der Waals surface area contributed by atoms with Crippen LogP contribution in [0.25, 0.3) is 0 Å². The van der Waals surface area contributed by atoms with E-state index in [1.54, 1.807) is 0 Å². The quantitative estimate of drug-likeness (QED) is 0.548. The normalized spacial score (nSPS) is 42.5. The van der Waals surface area contributed by atoms with Crippen molar-refractivity contribution < 1.29 is 9.63 Å². The van der Waals surface area contributed by atoms with Gasteiger partial charge in [0.05, 0.1) is 11.5 Å². The smallest absolute Gasteiger partial charge is 0.328 e. The van der Waals surface area contributed by atoms with E-state index in [1.165, 1.54) is 0 Å². The van der Waals surface area contributed by atoms with E-state index in [0.29, 0.717) is 5.23 Å². The van der Waals surface area contributed by atoms with Crippen molar-refractivity contribution >= 4 is 5.97 Å². The van der Waals surface area contributed by atoms with Crippen molar-refractivity contribution in [2.24, 2.45) is 5.92 Å². The highest BCUT2D eigenvalue weighted by Crippen LogP contribution is 2.43. The van der Waals surface area contributed by atoms with Crippen molar-refractivity contribution in [2.45, 2.75) is 38.1 Å². The molecule has 12 heavy (non-hydrogen) atoms. The number of carbonyl (C=O) groups excluding carboxylic acids is 1. The Morgan fingerprint density at radius 3 is 3.08 bits per heavy atom. The fraction of sp³-hybridized carbons (Fsp3) is 0.875. The van der Waals surface area contributed by atoms with E-state index in [-0.39, 0.29) is 11.9 Å². The van der Waals surface area contributed by atoms with Crippen LogP contribution in [0.2, 0.25) is 0 Å². The number of hydrogen-bond acceptors (Lipinski definition) is 4. The van der Waals surface area contributed by atoms with E-state index in [4.69, 9.17) is 0 Å². The molecule has 1 saturated heterocycles. The van der Waals surface area contributed by atoms with Crippen LogP contribution in [0.3, 0.4) is 0 Å². The maximum atomic E-state index is 11.2. The highest BCUT2D eigenvalue weighted by atomic mass is 16.9. The SMILES string of the molecule is CC12CCCCC1C(=O)ON2[O-]. The molecule has 0 radical (unpaired) electrons. The summed E-state index contributed by atoms with van der Waals surface area (Å²) in [6.07, 6.45) is 3.62. The number of hydroxylamine groups is 2. The Morgan fingerprint density at radius 1 is 1.67 bits per heavy atom. The van der Waals surface area contributed by atoms with Crippen LogP contribution in [0.5, 0.6) is 0 Å². The summed E-state index contributed by atoms with van der Waals surface area (Å²) in [6.45, 7) is 1.81. The Bertz CT molecular complexity index is 218. The van der Waals surface area contributed by atoms with Crippen molar-refractivity contribution in [1.29, 1.82) is 0 Å². The van der Waals surface area contributed by atoms with Gasteiger partial charge in [0.1, 0.15) is 0 Å². The van der Waals surface area contributed by atoms with Gasteiger partial charge in [0.15, 0.2) is 0 Å². The predicted octanol–water partition coefficient (Wildman–Crippen LogP) is 1.21. The second-order valence-corrected chi connectivity index (χ2v) is 3.82. The zero-order valence-corrected chi connectivity index (χ0v) is 7.08. The lowest BCUT2D eigenvalue weighted by Gasteiger charge is -2.41. The first kappa shape index (κ1) is 8.01. The van der Waals surface area contributed by atoms with Crippen molar-refractivity contribution in [3.63, 3.8) is 0 Å². The number of rotatable bonds is 0. The number of fused-ring (bicyclic) bond motifs is 1. The number of carbonyl (C=O) groups is 1. The zero-order valence-electron chi connectivity index (χ0n) is 7.08. The lowest BCUT2D eigenvalue weighted by atomic mass is 9.75. The van der Waals surface area contributed by atoms with Gasteiger partial charge in [-0.3, -0.25) is 4.79 Å². The molecule has 2 rings (SSSR count). The Balaban J connectivity index is 2.27. The van der Waals surface area contributed by atoms with E-state index in [9.17, 15) is 10.0 Å². The summed E-state index contributed by atoms with van der Waals surface area (Å²) in [5.74, 6) is -0.532. The topological polar surface area (TPSA) is 52.6 Å². The van der Waals surface area contributed by atoms with Gasteiger partial charge in [-0.05, 0) is 19.8 Å². The molecule has 0 spiro atoms. The van der Waals surface area contributed by atoms with E-state index in [0.717, 1.165) is 25.7 Å². The van der Waals surface area contributed by atoms with Crippen LogP contribution in [0, 0.1) is 11.1 Å². The van der Waals surface area contributed by atoms with Gasteiger partial charge >= 0.3 is 5.97 Å². The second-order valence-electron chi connectivity index (χ2n) is 3.82. The molecule has 0 amide bonds. The lowest BCUT2D eigenvalue weighted by molar-refractivity contribution is -0.169. The summed E-state index contributed by atoms with van der Waals surface area (Å²) >= 11 is 0. The molecule has 1 aliphatic carbocycles. The molecule has 1 saturated carbocycles. The van der Waals surface area contributed by atoms with E-state index in [1.807, 2.05) is 6.92 Å². The van der Waals surface area contributed by atoms with Crippen LogP contribution < -0.4 is 0 Å². The molecule has 2 fully saturated rings. The average Bonchev–Trinajstić information content (AvgIpc) is 2.25. The van der Waals surface area contributed by atoms with E-state index >= 15 is 0 Å². The lowest BCUT2D eigenvalue weighted by Crippen LogP contribution is -2.44. The maximum absolute atomic E-state index is 11.2. The predicted molar refractivity (Wildman–Crippen MR) is 41.7 cm³/mol. The molecular formula is C8H12NO3-. The Kier molecular flexibility index (Phi) is 1.63. The third kappa shape index (κ3) is 0.881. The summed E-state index contributed by atoms with van der Waals surface area (Å²) in [5, 5.41) is 11.7. The third-order valence-corrected chi connectivity index (χ3v) is 3.05. The molecule has 1 aliphatic heterocycles. The molecule has 4 nitrogen and oxygen atoms in total. The van der Waals surface area contributed by atoms with Crippen LogP contribution in [-0.2, 0) is 9.63 Å². The molecule has 68 valence electrons. The second kappa shape index (κ2) is 2.44. The minimum atomic E-state index is -0.574. The van der Waals surface area contributed by atoms with Gasteiger partial charge in [0.2, 0.25) is 0 Å². The molecule has 0 N–H and O–H groups in total. The highest BCUT2D eigenvalue weighted by molar-refractivity contribution is 5.76. The minimum Gasteiger partial charge on any atom is -0.752 e. The standard InChI is InChI=1S/C8H12NO3/c1-8-5-3-2-4-6(8)7(10)12-9(8)11/h6H,2-5H2,1H3/q-1. The number of hydrogen-bond donors (Lipinski definition) is 0. The van der Waals surface area contributed by atoms with E-state index < -0.39 is 5.54 Å². The fourth-order valence-electron chi connectivity index (χ4n) is 2.16. The van der Waals surface area contributed by atoms with Crippen LogP contribution in [-0.4, -0.2) is 16.7 Å². The fourth-order valence-corrected chi connectivity index (χ4v) is 2.16. The largest absolute Gasteiger partial charge is 0.752 e. The Labute approximate surface area is 71.0 Å². The molecule has 2 atom stereocenters. The third-order valence-electron chi connectivity index (χ3n) is 3.05. The van der Waals surface area contributed by atoms with Gasteiger partial charge in [-0.15, -0.1) is 0 Å². The van der Waals surface area contributed by atoms with Gasteiger partial charge in [0, 0.05) is 0 Å². The molecule has 0 aromatic rings. The first-order valence-electron chi connectivity index (χ1n) is 4.34. The number of nitrogens with zero attached hydrogens (tertiary/aromatic N) is 1. The molecule has 4 heteroatoms. The molecule has 1 heterocycles. The summed E-state index contributed by atoms with van der Waals surface area (Å²) in [5.41, 5.74) is -0.574. The van der Waals surface area contributed by atoms with Gasteiger partial charge < -0.3 is 10.0 Å². The molecular weight excluding hydrogens is 158 g/mol. The van der Waals surface area contributed by atoms with Crippen molar-refractivity contribution in [1.82, 2.24) is 5.23 Å². The van der Waals surface area contributed by atoms with Crippen molar-refractivity contribution in [3.8, 4) is 0 Å². The summed E-state index contributed by atoms with van der Waals surface area (Å²) in [7, 11) is 0. The summed E-state index contributed by atoms with van der Waals surface area (Å²) in [6, 6.07) is 0. The Morgan fingerprint density at radius 2 is 2.42 bits per heavy atom. The van der Waals surface area contributed by atoms with Crippen molar-refractivity contribution in [3.05, 3.63) is 5.21 Å². The van der Waals surface area contributed by atoms with Crippen LogP contribution in [0.4, 0.5) is 0 Å². The molecule has 0 bridgehead atoms. The van der Waals surface area contributed by atoms with Crippen molar-refractivity contribution in [2.75, 3.05) is 0 Å². The molecule has 2 unspecified atom stereocenters. The Hall–Kier alpha value is -0.610. The van der Waals surface area contributed by atoms with Crippen LogP contribution >= 0.6 is 0 Å². The van der Waals surface area contributed by atoms with Crippen LogP contribution in [0.15, 0.2) is 0 Å². The zero-order chi connectivity index (χ0) is 8.77. The average molecular weight is 170 g/mol. The first-order chi connectivity index (χ1) is 5.64.